The number of nitrogens with zero attached hydrogens (tertiary/aromatic N) is 2. The molecule has 33 heavy (non-hydrogen) atoms. The molecule has 1 rings (SSSR count). The first kappa shape index (κ1) is 27.8. The minimum absolute atomic E-state index is 0.0139. The van der Waals surface area contributed by atoms with Crippen molar-refractivity contribution in [2.75, 3.05) is 19.8 Å². The second kappa shape index (κ2) is 17.0. The monoisotopic (exact) mass is 479 g/mol. The molecule has 1 aromatic carbocycles. The normalized spacial score (nSPS) is 14.6. The van der Waals surface area contributed by atoms with Crippen LogP contribution in [0.1, 0.15) is 66.1 Å². The number of hydrogen-bond acceptors (Lipinski definition) is 7. The number of nitriles is 1. The van der Waals surface area contributed by atoms with Gasteiger partial charge in [0.2, 0.25) is 0 Å². The van der Waals surface area contributed by atoms with E-state index in [0.29, 0.717) is 12.2 Å². The van der Waals surface area contributed by atoms with Gasteiger partial charge in [0.25, 0.3) is 8.53 Å². The molecule has 7 nitrogen and oxygen atoms in total. The maximum atomic E-state index is 12.3. The van der Waals surface area contributed by atoms with E-state index < -0.39 is 14.6 Å². The fraction of sp³-hybridized carbons (Fsp3) is 0.667. The molecule has 0 aliphatic carbocycles. The molecule has 0 amide bonds. The Labute approximate surface area is 203 Å². The van der Waals surface area contributed by atoms with Crippen LogP contribution in [0.25, 0.3) is 0 Å². The van der Waals surface area contributed by atoms with Gasteiger partial charge in [-0.05, 0) is 46.7 Å². The zero-order valence-electron chi connectivity index (χ0n) is 21.7. The molecule has 3 atom stereocenters. The van der Waals surface area contributed by atoms with Crippen molar-refractivity contribution in [1.82, 2.24) is 4.67 Å². The molecule has 0 fully saturated rings. The zero-order valence-corrected chi connectivity index (χ0v) is 21.6. The topological polar surface area (TPSA) is 81.0 Å². The summed E-state index contributed by atoms with van der Waals surface area (Å²) in [7, 11) is -0.675. The standard InChI is InChI=1S/C24H40BN2O5P/c1-7-14-25-23(18-29-24(28)22-12-9-8-10-13-22)32-21(6)17-31-33(30-16-11-15-26)27(19(2)3)20(4)5/h8-10,12-13,19-21,23,25H,7,11,14,16-18H2,1-6H3/t21-,23-,33?/m1/s1/i6D. The molecule has 184 valence electrons. The summed E-state index contributed by atoms with van der Waals surface area (Å²) in [5, 5.41) is 8.87. The lowest BCUT2D eigenvalue weighted by Gasteiger charge is -2.36. The van der Waals surface area contributed by atoms with Gasteiger partial charge in [0, 0.05) is 13.5 Å². The van der Waals surface area contributed by atoms with E-state index in [-0.39, 0.29) is 50.6 Å². The van der Waals surface area contributed by atoms with Crippen molar-refractivity contribution in [2.24, 2.45) is 0 Å². The Hall–Kier alpha value is -1.49. The summed E-state index contributed by atoms with van der Waals surface area (Å²) in [4.78, 5) is 12.3. The van der Waals surface area contributed by atoms with Gasteiger partial charge in [-0.25, -0.2) is 9.46 Å². The average molecular weight is 479 g/mol. The van der Waals surface area contributed by atoms with Crippen molar-refractivity contribution in [3.8, 4) is 6.07 Å². The van der Waals surface area contributed by atoms with Gasteiger partial charge < -0.3 is 18.5 Å². The second-order valence-electron chi connectivity index (χ2n) is 8.33. The Bertz CT molecular complexity index is 715. The van der Waals surface area contributed by atoms with Crippen molar-refractivity contribution >= 4 is 21.8 Å². The number of carbonyl (C=O) groups is 1. The van der Waals surface area contributed by atoms with Crippen molar-refractivity contribution < 1.29 is 24.7 Å². The predicted molar refractivity (Wildman–Crippen MR) is 134 cm³/mol. The lowest BCUT2D eigenvalue weighted by Crippen LogP contribution is -2.35. The van der Waals surface area contributed by atoms with E-state index in [1.54, 1.807) is 24.3 Å². The van der Waals surface area contributed by atoms with Crippen LogP contribution in [0.4, 0.5) is 0 Å². The van der Waals surface area contributed by atoms with Crippen LogP contribution < -0.4 is 0 Å². The molecular weight excluding hydrogens is 438 g/mol. The van der Waals surface area contributed by atoms with Crippen molar-refractivity contribution in [3.63, 3.8) is 0 Å². The third kappa shape index (κ3) is 12.0. The molecule has 1 aromatic rings. The molecule has 0 aliphatic rings. The average Bonchev–Trinajstić information content (AvgIpc) is 2.82. The van der Waals surface area contributed by atoms with E-state index in [1.807, 2.05) is 6.07 Å². The van der Waals surface area contributed by atoms with Crippen LogP contribution in [-0.4, -0.2) is 61.9 Å². The molecule has 0 bridgehead atoms. The zero-order chi connectivity index (χ0) is 25.3. The second-order valence-corrected chi connectivity index (χ2v) is 9.78. The Morgan fingerprint density at radius 2 is 1.88 bits per heavy atom. The molecule has 0 radical (unpaired) electrons. The van der Waals surface area contributed by atoms with Gasteiger partial charge in [0.1, 0.15) is 6.61 Å². The summed E-state index contributed by atoms with van der Waals surface area (Å²) in [6, 6.07) is 11.0. The van der Waals surface area contributed by atoms with E-state index in [2.05, 4.69) is 45.4 Å². The van der Waals surface area contributed by atoms with Gasteiger partial charge in [-0.1, -0.05) is 37.9 Å². The molecule has 0 spiro atoms. The molecule has 0 saturated carbocycles. The van der Waals surface area contributed by atoms with Crippen molar-refractivity contribution in [2.45, 2.75) is 84.9 Å². The molecule has 0 N–H and O–H groups in total. The van der Waals surface area contributed by atoms with Crippen LogP contribution in [0.5, 0.6) is 0 Å². The summed E-state index contributed by atoms with van der Waals surface area (Å²) in [5.41, 5.74) is 0.500. The maximum absolute atomic E-state index is 12.3. The van der Waals surface area contributed by atoms with Crippen LogP contribution in [0, 0.1) is 11.3 Å². The van der Waals surface area contributed by atoms with Gasteiger partial charge in [-0.15, -0.1) is 0 Å². The highest BCUT2D eigenvalue weighted by Gasteiger charge is 2.28. The molecule has 9 heteroatoms. The number of rotatable bonds is 17. The molecule has 1 unspecified atom stereocenters. The van der Waals surface area contributed by atoms with Gasteiger partial charge in [-0.2, -0.15) is 5.26 Å². The van der Waals surface area contributed by atoms with E-state index in [9.17, 15) is 4.79 Å². The predicted octanol–water partition coefficient (Wildman–Crippen LogP) is 5.13. The van der Waals surface area contributed by atoms with Crippen molar-refractivity contribution in [3.05, 3.63) is 35.9 Å². The number of ether oxygens (including phenoxy) is 2. The third-order valence-corrected chi connectivity index (χ3v) is 6.78. The van der Waals surface area contributed by atoms with E-state index >= 15 is 0 Å². The number of benzene rings is 1. The lowest BCUT2D eigenvalue weighted by molar-refractivity contribution is -0.0234. The Kier molecular flexibility index (Phi) is 14.3. The lowest BCUT2D eigenvalue weighted by atomic mass is 9.67. The molecule has 0 aliphatic heterocycles. The quantitative estimate of drug-likeness (QED) is 0.133. The summed E-state index contributed by atoms with van der Waals surface area (Å²) in [6.07, 6.45) is 1.72. The smallest absolute Gasteiger partial charge is 0.338 e. The van der Waals surface area contributed by atoms with Crippen LogP contribution >= 0.6 is 8.53 Å². The highest BCUT2D eigenvalue weighted by molar-refractivity contribution is 7.44. The first-order valence-electron chi connectivity index (χ1n) is 12.4. The van der Waals surface area contributed by atoms with E-state index in [0.717, 1.165) is 20.0 Å². The summed E-state index contributed by atoms with van der Waals surface area (Å²) >= 11 is 0. The van der Waals surface area contributed by atoms with Crippen LogP contribution in [0.3, 0.4) is 0 Å². The Morgan fingerprint density at radius 3 is 2.45 bits per heavy atom. The molecule has 0 saturated heterocycles. The van der Waals surface area contributed by atoms with E-state index in [4.69, 9.17) is 25.2 Å². The summed E-state index contributed by atoms with van der Waals surface area (Å²) in [5.74, 6) is -0.386. The molecule has 0 heterocycles. The fourth-order valence-electron chi connectivity index (χ4n) is 3.22. The minimum Gasteiger partial charge on any atom is -0.460 e. The first-order chi connectivity index (χ1) is 16.3. The van der Waals surface area contributed by atoms with Crippen LogP contribution in [0.15, 0.2) is 30.3 Å². The first-order valence-corrected chi connectivity index (χ1v) is 12.8. The number of esters is 1. The van der Waals surface area contributed by atoms with Crippen LogP contribution in [0.2, 0.25) is 6.32 Å². The largest absolute Gasteiger partial charge is 0.460 e. The Morgan fingerprint density at radius 1 is 1.18 bits per heavy atom. The Balaban J connectivity index is 2.76. The van der Waals surface area contributed by atoms with Gasteiger partial charge in [-0.3, -0.25) is 0 Å². The number of carbonyl (C=O) groups excluding carboxylic acids is 1. The summed E-state index contributed by atoms with van der Waals surface area (Å²) < 4.78 is 33.8. The third-order valence-electron chi connectivity index (χ3n) is 4.71. The van der Waals surface area contributed by atoms with Crippen LogP contribution in [-0.2, 0) is 18.5 Å². The highest BCUT2D eigenvalue weighted by Crippen LogP contribution is 2.46. The molecule has 0 aromatic heterocycles. The van der Waals surface area contributed by atoms with Gasteiger partial charge in [0.05, 0.1) is 43.4 Å². The van der Waals surface area contributed by atoms with Crippen molar-refractivity contribution in [1.29, 1.82) is 5.26 Å². The summed E-state index contributed by atoms with van der Waals surface area (Å²) in [6.45, 7) is 11.0. The number of hydrogen-bond donors (Lipinski definition) is 0. The van der Waals surface area contributed by atoms with Gasteiger partial charge in [0.15, 0.2) is 7.28 Å². The fourth-order valence-corrected chi connectivity index (χ4v) is 4.86. The minimum atomic E-state index is -1.40. The van der Waals surface area contributed by atoms with E-state index in [1.165, 1.54) is 0 Å². The SMILES string of the molecule is [2H]C[C@H](COP(OCCC#N)N(C(C)C)C(C)C)O[C@@H](BCCC)COC(=O)c1ccccc1. The maximum Gasteiger partial charge on any atom is 0.338 e. The van der Waals surface area contributed by atoms with Gasteiger partial charge >= 0.3 is 5.97 Å². The highest BCUT2D eigenvalue weighted by atomic mass is 31.2. The molecular formula is C24H40BN2O5P.